The molecule has 2 nitrogen and oxygen atoms in total. The summed E-state index contributed by atoms with van der Waals surface area (Å²) in [4.78, 5) is 0. The van der Waals surface area contributed by atoms with Crippen molar-refractivity contribution in [3.8, 4) is 5.75 Å². The number of unbranched alkanes of at least 4 members (excludes halogenated alkanes) is 3. The lowest BCUT2D eigenvalue weighted by Gasteiger charge is -2.10. The Balaban J connectivity index is 2.27. The molecule has 0 aromatic heterocycles. The molecule has 0 bridgehead atoms. The van der Waals surface area contributed by atoms with Crippen LogP contribution in [0, 0.1) is 0 Å². The number of anilines is 1. The van der Waals surface area contributed by atoms with Crippen molar-refractivity contribution in [3.05, 3.63) is 24.3 Å². The van der Waals surface area contributed by atoms with Gasteiger partial charge in [0.05, 0.1) is 0 Å². The number of nitrogens with one attached hydrogen (secondary N) is 1. The summed E-state index contributed by atoms with van der Waals surface area (Å²) in [5.74, 6) is 0.230. The third-order valence-corrected chi connectivity index (χ3v) is 2.62. The largest absolute Gasteiger partial charge is 0.484 e. The van der Waals surface area contributed by atoms with Crippen LogP contribution in [0.2, 0.25) is 0 Å². The second-order valence-corrected chi connectivity index (χ2v) is 4.42. The van der Waals surface area contributed by atoms with Gasteiger partial charge in [-0.25, -0.2) is 0 Å². The molecule has 0 fully saturated rings. The molecule has 1 N–H and O–H groups in total. The molecule has 108 valence electrons. The molecule has 0 spiro atoms. The molecule has 0 aliphatic carbocycles. The lowest BCUT2D eigenvalue weighted by molar-refractivity contribution is -0.153. The summed E-state index contributed by atoms with van der Waals surface area (Å²) >= 11 is 0. The van der Waals surface area contributed by atoms with Crippen molar-refractivity contribution in [2.75, 3.05) is 18.5 Å². The van der Waals surface area contributed by atoms with E-state index in [-0.39, 0.29) is 5.75 Å². The Morgan fingerprint density at radius 3 is 2.32 bits per heavy atom. The Morgan fingerprint density at radius 1 is 1.05 bits per heavy atom. The molecule has 0 saturated heterocycles. The van der Waals surface area contributed by atoms with E-state index in [2.05, 4.69) is 17.0 Å². The normalized spacial score (nSPS) is 11.4. The molecular formula is C14H20F3NO. The first kappa shape index (κ1) is 15.7. The van der Waals surface area contributed by atoms with E-state index in [1.54, 1.807) is 24.3 Å². The van der Waals surface area contributed by atoms with Crippen LogP contribution in [0.15, 0.2) is 24.3 Å². The first-order valence-electron chi connectivity index (χ1n) is 6.55. The van der Waals surface area contributed by atoms with Crippen LogP contribution >= 0.6 is 0 Å². The summed E-state index contributed by atoms with van der Waals surface area (Å²) in [5.41, 5.74) is 0.899. The molecule has 0 aliphatic heterocycles. The minimum atomic E-state index is -4.30. The molecule has 0 unspecified atom stereocenters. The number of hydrogen-bond donors (Lipinski definition) is 1. The number of hydrogen-bond acceptors (Lipinski definition) is 2. The number of halogens is 3. The highest BCUT2D eigenvalue weighted by molar-refractivity contribution is 5.46. The van der Waals surface area contributed by atoms with E-state index >= 15 is 0 Å². The first-order valence-corrected chi connectivity index (χ1v) is 6.55. The standard InChI is InChI=1S/C14H20F3NO/c1-2-3-4-5-10-18-12-6-8-13(9-7-12)19-11-14(15,16)17/h6-9,18H,2-5,10-11H2,1H3. The van der Waals surface area contributed by atoms with Gasteiger partial charge in [0, 0.05) is 12.2 Å². The maximum atomic E-state index is 12.0. The van der Waals surface area contributed by atoms with Crippen molar-refractivity contribution in [1.29, 1.82) is 0 Å². The van der Waals surface area contributed by atoms with Gasteiger partial charge in [0.15, 0.2) is 6.61 Å². The Kier molecular flexibility index (Phi) is 6.53. The molecule has 0 aliphatic rings. The summed E-state index contributed by atoms with van der Waals surface area (Å²) in [5, 5.41) is 3.23. The third-order valence-electron chi connectivity index (χ3n) is 2.62. The van der Waals surface area contributed by atoms with Gasteiger partial charge in [-0.15, -0.1) is 0 Å². The molecule has 0 atom stereocenters. The van der Waals surface area contributed by atoms with Crippen LogP contribution in [0.3, 0.4) is 0 Å². The van der Waals surface area contributed by atoms with Crippen LogP contribution in [0.1, 0.15) is 32.6 Å². The average molecular weight is 275 g/mol. The van der Waals surface area contributed by atoms with Crippen molar-refractivity contribution < 1.29 is 17.9 Å². The van der Waals surface area contributed by atoms with Crippen LogP contribution in [-0.2, 0) is 0 Å². The first-order chi connectivity index (χ1) is 9.01. The summed E-state index contributed by atoms with van der Waals surface area (Å²) < 4.78 is 40.5. The Labute approximate surface area is 112 Å². The number of alkyl halides is 3. The molecular weight excluding hydrogens is 255 g/mol. The molecule has 0 saturated carbocycles. The van der Waals surface area contributed by atoms with E-state index in [1.165, 1.54) is 19.3 Å². The highest BCUT2D eigenvalue weighted by atomic mass is 19.4. The smallest absolute Gasteiger partial charge is 0.422 e. The van der Waals surface area contributed by atoms with E-state index < -0.39 is 12.8 Å². The van der Waals surface area contributed by atoms with Gasteiger partial charge in [-0.3, -0.25) is 0 Å². The van der Waals surface area contributed by atoms with Gasteiger partial charge in [-0.05, 0) is 30.7 Å². The third kappa shape index (κ3) is 7.59. The van der Waals surface area contributed by atoms with Crippen LogP contribution in [0.5, 0.6) is 5.75 Å². The van der Waals surface area contributed by atoms with Gasteiger partial charge in [-0.1, -0.05) is 26.2 Å². The van der Waals surface area contributed by atoms with Gasteiger partial charge >= 0.3 is 6.18 Å². The monoisotopic (exact) mass is 275 g/mol. The van der Waals surface area contributed by atoms with Gasteiger partial charge < -0.3 is 10.1 Å². The van der Waals surface area contributed by atoms with Crippen LogP contribution < -0.4 is 10.1 Å². The fourth-order valence-corrected chi connectivity index (χ4v) is 1.62. The SMILES string of the molecule is CCCCCCNc1ccc(OCC(F)(F)F)cc1. The molecule has 1 aromatic carbocycles. The van der Waals surface area contributed by atoms with E-state index in [1.807, 2.05) is 0 Å². The summed E-state index contributed by atoms with van der Waals surface area (Å²) in [6.07, 6.45) is 0.420. The molecule has 0 radical (unpaired) electrons. The highest BCUT2D eigenvalue weighted by Crippen LogP contribution is 2.20. The minimum absolute atomic E-state index is 0.230. The average Bonchev–Trinajstić information content (AvgIpc) is 2.37. The number of benzene rings is 1. The molecule has 0 heterocycles. The fraction of sp³-hybridized carbons (Fsp3) is 0.571. The zero-order valence-corrected chi connectivity index (χ0v) is 11.1. The van der Waals surface area contributed by atoms with Gasteiger partial charge in [0.25, 0.3) is 0 Å². The second kappa shape index (κ2) is 7.92. The van der Waals surface area contributed by atoms with E-state index in [0.717, 1.165) is 18.7 Å². The Morgan fingerprint density at radius 2 is 1.74 bits per heavy atom. The number of rotatable bonds is 8. The molecule has 1 aromatic rings. The van der Waals surface area contributed by atoms with Crippen LogP contribution in [0.25, 0.3) is 0 Å². The highest BCUT2D eigenvalue weighted by Gasteiger charge is 2.28. The van der Waals surface area contributed by atoms with Crippen LogP contribution in [0.4, 0.5) is 18.9 Å². The van der Waals surface area contributed by atoms with Gasteiger partial charge in [0.2, 0.25) is 0 Å². The lowest BCUT2D eigenvalue weighted by Crippen LogP contribution is -2.19. The van der Waals surface area contributed by atoms with Crippen molar-refractivity contribution in [3.63, 3.8) is 0 Å². The number of ether oxygens (including phenoxy) is 1. The lowest BCUT2D eigenvalue weighted by atomic mass is 10.2. The Bertz CT molecular complexity index is 349. The second-order valence-electron chi connectivity index (χ2n) is 4.42. The van der Waals surface area contributed by atoms with Crippen molar-refractivity contribution in [2.45, 2.75) is 38.8 Å². The summed E-state index contributed by atoms with van der Waals surface area (Å²) in [6.45, 7) is 1.78. The van der Waals surface area contributed by atoms with E-state index in [9.17, 15) is 13.2 Å². The zero-order chi connectivity index (χ0) is 14.1. The van der Waals surface area contributed by atoms with E-state index in [0.29, 0.717) is 0 Å². The molecule has 1 rings (SSSR count). The summed E-state index contributed by atoms with van der Waals surface area (Å²) in [7, 11) is 0. The topological polar surface area (TPSA) is 21.3 Å². The maximum absolute atomic E-state index is 12.0. The van der Waals surface area contributed by atoms with Gasteiger partial charge in [0.1, 0.15) is 5.75 Å². The van der Waals surface area contributed by atoms with Gasteiger partial charge in [-0.2, -0.15) is 13.2 Å². The summed E-state index contributed by atoms with van der Waals surface area (Å²) in [6, 6.07) is 6.54. The Hall–Kier alpha value is -1.39. The molecule has 19 heavy (non-hydrogen) atoms. The van der Waals surface area contributed by atoms with Crippen LogP contribution in [-0.4, -0.2) is 19.3 Å². The van der Waals surface area contributed by atoms with Crippen molar-refractivity contribution >= 4 is 5.69 Å². The quantitative estimate of drug-likeness (QED) is 0.699. The molecule has 5 heteroatoms. The predicted molar refractivity (Wildman–Crippen MR) is 70.6 cm³/mol. The van der Waals surface area contributed by atoms with E-state index in [4.69, 9.17) is 0 Å². The minimum Gasteiger partial charge on any atom is -0.484 e. The van der Waals surface area contributed by atoms with Crippen molar-refractivity contribution in [2.24, 2.45) is 0 Å². The maximum Gasteiger partial charge on any atom is 0.422 e. The predicted octanol–water partition coefficient (Wildman–Crippen LogP) is 4.62. The fourth-order valence-electron chi connectivity index (χ4n) is 1.62. The molecule has 0 amide bonds. The van der Waals surface area contributed by atoms with Crippen molar-refractivity contribution in [1.82, 2.24) is 0 Å². The zero-order valence-electron chi connectivity index (χ0n) is 11.1.